The largest absolute Gasteiger partial charge is 0.468 e. The van der Waals surface area contributed by atoms with E-state index in [0.717, 1.165) is 35.0 Å². The van der Waals surface area contributed by atoms with E-state index in [2.05, 4.69) is 0 Å². The number of hydrogen-bond donors (Lipinski definition) is 0. The van der Waals surface area contributed by atoms with Gasteiger partial charge < -0.3 is 23.7 Å². The Labute approximate surface area is 150 Å². The molecule has 0 amide bonds. The molecule has 146 valence electrons. The Morgan fingerprint density at radius 2 is 1.04 bits per heavy atom. The van der Waals surface area contributed by atoms with Crippen molar-refractivity contribution in [1.82, 2.24) is 0 Å². The highest BCUT2D eigenvalue weighted by Gasteiger charge is 2.60. The Bertz CT molecular complexity index is 552. The summed E-state index contributed by atoms with van der Waals surface area (Å²) in [7, 11) is 2.15. The van der Waals surface area contributed by atoms with Crippen LogP contribution in [0.5, 0.6) is 0 Å². The van der Waals surface area contributed by atoms with Crippen LogP contribution in [0.15, 0.2) is 0 Å². The van der Waals surface area contributed by atoms with Crippen LogP contribution in [0.4, 0.5) is 0 Å². The first kappa shape index (κ1) is 21.4. The number of carbonyl (C=O) groups excluding carboxylic acids is 5. The van der Waals surface area contributed by atoms with Crippen molar-refractivity contribution in [1.29, 1.82) is 0 Å². The minimum atomic E-state index is -1.89. The SMILES string of the molecule is COC(=O)C1(C(=O)OC)C[C@H](OC(C)=O)C(OC(C)=O)[C@@H](OC(C)=O)C1. The van der Waals surface area contributed by atoms with Crippen LogP contribution in [0, 0.1) is 5.41 Å². The Balaban J connectivity index is 3.42. The fourth-order valence-corrected chi connectivity index (χ4v) is 3.04. The first-order chi connectivity index (χ1) is 12.1. The van der Waals surface area contributed by atoms with Gasteiger partial charge in [-0.15, -0.1) is 0 Å². The number of hydrogen-bond acceptors (Lipinski definition) is 10. The van der Waals surface area contributed by atoms with E-state index in [0.29, 0.717) is 0 Å². The molecule has 1 fully saturated rings. The third-order valence-electron chi connectivity index (χ3n) is 3.92. The summed E-state index contributed by atoms with van der Waals surface area (Å²) < 4.78 is 24.8. The molecular formula is C16H22O10. The molecule has 0 radical (unpaired) electrons. The van der Waals surface area contributed by atoms with Gasteiger partial charge in [0.2, 0.25) is 0 Å². The Morgan fingerprint density at radius 3 is 1.31 bits per heavy atom. The van der Waals surface area contributed by atoms with E-state index in [-0.39, 0.29) is 12.8 Å². The molecule has 0 spiro atoms. The molecule has 0 aliphatic heterocycles. The van der Waals surface area contributed by atoms with Gasteiger partial charge in [-0.1, -0.05) is 0 Å². The second-order valence-corrected chi connectivity index (χ2v) is 5.84. The van der Waals surface area contributed by atoms with Crippen molar-refractivity contribution in [2.24, 2.45) is 5.41 Å². The van der Waals surface area contributed by atoms with Gasteiger partial charge >= 0.3 is 29.8 Å². The quantitative estimate of drug-likeness (QED) is 0.365. The third kappa shape index (κ3) is 4.70. The fourth-order valence-electron chi connectivity index (χ4n) is 3.04. The lowest BCUT2D eigenvalue weighted by Crippen LogP contribution is -2.59. The molecule has 10 nitrogen and oxygen atoms in total. The van der Waals surface area contributed by atoms with Crippen molar-refractivity contribution < 1.29 is 47.7 Å². The molecule has 0 N–H and O–H groups in total. The molecule has 0 aromatic carbocycles. The first-order valence-corrected chi connectivity index (χ1v) is 7.76. The third-order valence-corrected chi connectivity index (χ3v) is 3.92. The van der Waals surface area contributed by atoms with E-state index in [9.17, 15) is 24.0 Å². The van der Waals surface area contributed by atoms with E-state index < -0.39 is 53.6 Å². The van der Waals surface area contributed by atoms with Gasteiger partial charge in [0, 0.05) is 33.6 Å². The molecule has 1 aliphatic carbocycles. The normalized spacial score (nSPS) is 24.0. The van der Waals surface area contributed by atoms with Crippen molar-refractivity contribution in [2.75, 3.05) is 14.2 Å². The van der Waals surface area contributed by atoms with E-state index in [1.807, 2.05) is 0 Å². The lowest BCUT2D eigenvalue weighted by molar-refractivity contribution is -0.209. The highest BCUT2D eigenvalue weighted by molar-refractivity contribution is 6.00. The molecule has 0 aromatic heterocycles. The Hall–Kier alpha value is -2.65. The van der Waals surface area contributed by atoms with Crippen molar-refractivity contribution in [3.8, 4) is 0 Å². The van der Waals surface area contributed by atoms with Gasteiger partial charge in [0.25, 0.3) is 0 Å². The summed E-state index contributed by atoms with van der Waals surface area (Å²) in [5.74, 6) is -4.08. The smallest absolute Gasteiger partial charge is 0.323 e. The zero-order chi connectivity index (χ0) is 20.1. The van der Waals surface area contributed by atoms with E-state index in [1.165, 1.54) is 0 Å². The molecule has 0 bridgehead atoms. The number of ether oxygens (including phenoxy) is 5. The molecule has 10 heteroatoms. The second-order valence-electron chi connectivity index (χ2n) is 5.84. The van der Waals surface area contributed by atoms with Crippen LogP contribution in [0.25, 0.3) is 0 Å². The van der Waals surface area contributed by atoms with Crippen molar-refractivity contribution in [3.05, 3.63) is 0 Å². The minimum absolute atomic E-state index is 0.359. The van der Waals surface area contributed by atoms with Crippen molar-refractivity contribution in [2.45, 2.75) is 51.9 Å². The highest BCUT2D eigenvalue weighted by atomic mass is 16.6. The Kier molecular flexibility index (Phi) is 7.10. The minimum Gasteiger partial charge on any atom is -0.468 e. The molecule has 0 unspecified atom stereocenters. The monoisotopic (exact) mass is 374 g/mol. The summed E-state index contributed by atoms with van der Waals surface area (Å²) in [6, 6.07) is 0. The molecule has 0 saturated heterocycles. The second kappa shape index (κ2) is 8.63. The predicted molar refractivity (Wildman–Crippen MR) is 82.4 cm³/mol. The van der Waals surface area contributed by atoms with Crippen LogP contribution < -0.4 is 0 Å². The summed E-state index contributed by atoms with van der Waals surface area (Å²) in [4.78, 5) is 59.1. The van der Waals surface area contributed by atoms with Crippen molar-refractivity contribution >= 4 is 29.8 Å². The summed E-state index contributed by atoms with van der Waals surface area (Å²) >= 11 is 0. The molecule has 1 aliphatic rings. The molecule has 1 rings (SSSR count). The van der Waals surface area contributed by atoms with Gasteiger partial charge in [-0.2, -0.15) is 0 Å². The van der Waals surface area contributed by atoms with Gasteiger partial charge in [-0.3, -0.25) is 24.0 Å². The van der Waals surface area contributed by atoms with Crippen LogP contribution in [-0.4, -0.2) is 62.4 Å². The zero-order valence-electron chi connectivity index (χ0n) is 15.2. The maximum atomic E-state index is 12.4. The zero-order valence-corrected chi connectivity index (χ0v) is 15.2. The van der Waals surface area contributed by atoms with E-state index >= 15 is 0 Å². The van der Waals surface area contributed by atoms with Crippen LogP contribution in [-0.2, 0) is 47.7 Å². The van der Waals surface area contributed by atoms with E-state index in [1.54, 1.807) is 0 Å². The lowest BCUT2D eigenvalue weighted by atomic mass is 9.70. The number of methoxy groups -OCH3 is 2. The number of esters is 5. The maximum Gasteiger partial charge on any atom is 0.323 e. The maximum absolute atomic E-state index is 12.4. The topological polar surface area (TPSA) is 132 Å². The highest BCUT2D eigenvalue weighted by Crippen LogP contribution is 2.42. The van der Waals surface area contributed by atoms with Gasteiger partial charge in [0.1, 0.15) is 12.2 Å². The summed E-state index contributed by atoms with van der Waals surface area (Å²) in [5, 5.41) is 0. The molecule has 0 aromatic rings. The fraction of sp³-hybridized carbons (Fsp3) is 0.688. The van der Waals surface area contributed by atoms with Crippen LogP contribution in [0.1, 0.15) is 33.6 Å². The van der Waals surface area contributed by atoms with Gasteiger partial charge in [0.05, 0.1) is 14.2 Å². The van der Waals surface area contributed by atoms with Gasteiger partial charge in [0.15, 0.2) is 11.5 Å². The van der Waals surface area contributed by atoms with Crippen LogP contribution >= 0.6 is 0 Å². The standard InChI is InChI=1S/C16H22O10/c1-8(17)24-11-6-16(14(20)22-4,15(21)23-5)7-12(25-9(2)18)13(11)26-10(3)19/h11-13H,6-7H2,1-5H3/t11-,12-/m0/s1. The summed E-state index contributed by atoms with van der Waals surface area (Å²) in [5.41, 5.74) is -1.89. The average Bonchev–Trinajstić information content (AvgIpc) is 2.54. The summed E-state index contributed by atoms with van der Waals surface area (Å²) in [6.45, 7) is 3.34. The molecule has 2 atom stereocenters. The van der Waals surface area contributed by atoms with Crippen molar-refractivity contribution in [3.63, 3.8) is 0 Å². The predicted octanol–water partition coefficient (Wildman–Crippen LogP) is -0.0923. The number of rotatable bonds is 5. The molecule has 0 heterocycles. The summed E-state index contributed by atoms with van der Waals surface area (Å²) in [6.07, 6.45) is -4.37. The molecular weight excluding hydrogens is 352 g/mol. The first-order valence-electron chi connectivity index (χ1n) is 7.76. The number of carbonyl (C=O) groups is 5. The lowest BCUT2D eigenvalue weighted by Gasteiger charge is -2.43. The molecule has 1 saturated carbocycles. The Morgan fingerprint density at radius 1 is 0.692 bits per heavy atom. The van der Waals surface area contributed by atoms with Gasteiger partial charge in [-0.05, 0) is 0 Å². The average molecular weight is 374 g/mol. The van der Waals surface area contributed by atoms with E-state index in [4.69, 9.17) is 23.7 Å². The van der Waals surface area contributed by atoms with Gasteiger partial charge in [-0.25, -0.2) is 0 Å². The van der Waals surface area contributed by atoms with Crippen LogP contribution in [0.2, 0.25) is 0 Å². The molecule has 26 heavy (non-hydrogen) atoms. The van der Waals surface area contributed by atoms with Crippen LogP contribution in [0.3, 0.4) is 0 Å².